The van der Waals surface area contributed by atoms with Crippen LogP contribution in [0.15, 0.2) is 6.20 Å². The van der Waals surface area contributed by atoms with Crippen LogP contribution in [0.1, 0.15) is 41.1 Å². The molecule has 3 heterocycles. The van der Waals surface area contributed by atoms with Crippen molar-refractivity contribution in [2.45, 2.75) is 39.2 Å². The maximum absolute atomic E-state index is 12.2. The molecule has 0 bridgehead atoms. The zero-order valence-electron chi connectivity index (χ0n) is 10.7. The monoisotopic (exact) mass is 277 g/mol. The number of nitrogens with zero attached hydrogens (tertiary/aromatic N) is 4. The third-order valence-corrected chi connectivity index (χ3v) is 4.18. The molecule has 0 spiro atoms. The Hall–Kier alpha value is -1.76. The van der Waals surface area contributed by atoms with E-state index in [1.54, 1.807) is 6.20 Å². The van der Waals surface area contributed by atoms with Crippen molar-refractivity contribution in [3.63, 3.8) is 0 Å². The molecule has 2 aromatic heterocycles. The van der Waals surface area contributed by atoms with E-state index in [0.717, 1.165) is 43.1 Å². The summed E-state index contributed by atoms with van der Waals surface area (Å²) in [5.41, 5.74) is 0.614. The van der Waals surface area contributed by atoms with Crippen LogP contribution in [-0.2, 0) is 19.4 Å². The van der Waals surface area contributed by atoms with Crippen molar-refractivity contribution >= 4 is 22.4 Å². The summed E-state index contributed by atoms with van der Waals surface area (Å²) in [7, 11) is 0. The normalized spacial score (nSPS) is 14.2. The third kappa shape index (κ3) is 2.37. The quantitative estimate of drug-likeness (QED) is 0.929. The van der Waals surface area contributed by atoms with Crippen LogP contribution in [0.4, 0.5) is 5.13 Å². The molecule has 6 nitrogen and oxygen atoms in total. The molecule has 2 aromatic rings. The molecular weight excluding hydrogens is 262 g/mol. The number of anilines is 1. The minimum atomic E-state index is -0.153. The summed E-state index contributed by atoms with van der Waals surface area (Å²) in [6, 6.07) is 0. The van der Waals surface area contributed by atoms with Gasteiger partial charge in [0.25, 0.3) is 5.91 Å². The number of carbonyl (C=O) groups is 1. The van der Waals surface area contributed by atoms with Crippen LogP contribution in [-0.4, -0.2) is 25.7 Å². The Morgan fingerprint density at radius 1 is 1.47 bits per heavy atom. The molecule has 0 atom stereocenters. The van der Waals surface area contributed by atoms with E-state index in [9.17, 15) is 4.79 Å². The predicted molar refractivity (Wildman–Crippen MR) is 72.4 cm³/mol. The minimum absolute atomic E-state index is 0.153. The third-order valence-electron chi connectivity index (χ3n) is 3.19. The van der Waals surface area contributed by atoms with E-state index < -0.39 is 0 Å². The molecule has 0 aliphatic carbocycles. The first-order valence-electron chi connectivity index (χ1n) is 6.46. The highest BCUT2D eigenvalue weighted by Gasteiger charge is 2.19. The molecule has 0 aromatic carbocycles. The van der Waals surface area contributed by atoms with E-state index in [-0.39, 0.29) is 5.91 Å². The van der Waals surface area contributed by atoms with E-state index in [2.05, 4.69) is 20.5 Å². The van der Waals surface area contributed by atoms with Gasteiger partial charge in [-0.2, -0.15) is 0 Å². The molecular formula is C12H15N5OS. The number of hydrogen-bond donors (Lipinski definition) is 1. The number of rotatable bonds is 3. The van der Waals surface area contributed by atoms with Gasteiger partial charge in [0.2, 0.25) is 5.13 Å². The Labute approximate surface area is 114 Å². The van der Waals surface area contributed by atoms with Gasteiger partial charge in [-0.15, -0.1) is 10.2 Å². The molecule has 1 N–H and O–H groups in total. The Balaban J connectivity index is 1.78. The van der Waals surface area contributed by atoms with E-state index in [1.165, 1.54) is 11.3 Å². The smallest absolute Gasteiger partial charge is 0.275 e. The summed E-state index contributed by atoms with van der Waals surface area (Å²) in [5, 5.41) is 12.2. The molecule has 3 rings (SSSR count). The fraction of sp³-hybridized carbons (Fsp3) is 0.500. The highest BCUT2D eigenvalue weighted by Crippen LogP contribution is 2.19. The van der Waals surface area contributed by atoms with E-state index in [4.69, 9.17) is 0 Å². The van der Waals surface area contributed by atoms with Crippen LogP contribution in [0.2, 0.25) is 0 Å². The summed E-state index contributed by atoms with van der Waals surface area (Å²) in [4.78, 5) is 16.5. The molecule has 100 valence electrons. The van der Waals surface area contributed by atoms with Gasteiger partial charge in [-0.05, 0) is 19.3 Å². The first-order chi connectivity index (χ1) is 9.28. The first-order valence-corrected chi connectivity index (χ1v) is 7.27. The fourth-order valence-corrected chi connectivity index (χ4v) is 2.88. The maximum atomic E-state index is 12.2. The van der Waals surface area contributed by atoms with Gasteiger partial charge < -0.3 is 4.57 Å². The second-order valence-corrected chi connectivity index (χ2v) is 5.54. The van der Waals surface area contributed by atoms with Gasteiger partial charge in [0.05, 0.1) is 6.20 Å². The molecule has 7 heteroatoms. The van der Waals surface area contributed by atoms with Crippen LogP contribution < -0.4 is 5.32 Å². The number of imidazole rings is 1. The van der Waals surface area contributed by atoms with E-state index in [1.807, 2.05) is 11.5 Å². The van der Waals surface area contributed by atoms with Crippen LogP contribution in [0.3, 0.4) is 0 Å². The Morgan fingerprint density at radius 3 is 3.16 bits per heavy atom. The van der Waals surface area contributed by atoms with Gasteiger partial charge in [0.15, 0.2) is 0 Å². The van der Waals surface area contributed by atoms with Crippen molar-refractivity contribution in [3.05, 3.63) is 22.7 Å². The highest BCUT2D eigenvalue weighted by atomic mass is 32.1. The molecule has 0 unspecified atom stereocenters. The van der Waals surface area contributed by atoms with Crippen LogP contribution in [0.25, 0.3) is 0 Å². The summed E-state index contributed by atoms with van der Waals surface area (Å²) in [6.07, 6.45) is 5.68. The van der Waals surface area contributed by atoms with Crippen molar-refractivity contribution in [1.29, 1.82) is 0 Å². The van der Waals surface area contributed by atoms with Gasteiger partial charge >= 0.3 is 0 Å². The molecule has 19 heavy (non-hydrogen) atoms. The molecule has 0 fully saturated rings. The lowest BCUT2D eigenvalue weighted by atomic mass is 10.1. The summed E-state index contributed by atoms with van der Waals surface area (Å²) < 4.78 is 2.00. The minimum Gasteiger partial charge on any atom is -0.324 e. The van der Waals surface area contributed by atoms with Crippen LogP contribution in [0, 0.1) is 0 Å². The molecule has 1 aliphatic heterocycles. The predicted octanol–water partition coefficient (Wildman–Crippen LogP) is 1.89. The number of carbonyl (C=O) groups excluding carboxylic acids is 1. The summed E-state index contributed by atoms with van der Waals surface area (Å²) in [6.45, 7) is 2.88. The fourth-order valence-electron chi connectivity index (χ4n) is 2.21. The zero-order chi connectivity index (χ0) is 13.2. The van der Waals surface area contributed by atoms with Gasteiger partial charge in [0.1, 0.15) is 16.5 Å². The zero-order valence-corrected chi connectivity index (χ0v) is 11.5. The second kappa shape index (κ2) is 5.08. The Kier molecular flexibility index (Phi) is 3.29. The largest absolute Gasteiger partial charge is 0.324 e. The van der Waals surface area contributed by atoms with Crippen molar-refractivity contribution in [1.82, 2.24) is 19.7 Å². The topological polar surface area (TPSA) is 72.7 Å². The lowest BCUT2D eigenvalue weighted by molar-refractivity contribution is 0.101. The number of fused-ring (bicyclic) bond motifs is 1. The second-order valence-electron chi connectivity index (χ2n) is 4.48. The van der Waals surface area contributed by atoms with Gasteiger partial charge in [-0.1, -0.05) is 18.3 Å². The van der Waals surface area contributed by atoms with Crippen LogP contribution >= 0.6 is 11.3 Å². The van der Waals surface area contributed by atoms with Gasteiger partial charge in [-0.3, -0.25) is 10.1 Å². The average molecular weight is 277 g/mol. The highest BCUT2D eigenvalue weighted by molar-refractivity contribution is 7.15. The maximum Gasteiger partial charge on any atom is 0.275 e. The van der Waals surface area contributed by atoms with Crippen molar-refractivity contribution < 1.29 is 4.79 Å². The Bertz CT molecular complexity index is 603. The van der Waals surface area contributed by atoms with E-state index >= 15 is 0 Å². The lowest BCUT2D eigenvalue weighted by Gasteiger charge is -2.15. The molecule has 1 aliphatic rings. The van der Waals surface area contributed by atoms with Crippen molar-refractivity contribution in [2.24, 2.45) is 0 Å². The SMILES string of the molecule is CCc1nnc(NC(=O)c2cnc3n2CCCC3)s1. The number of nitrogens with one attached hydrogen (secondary N) is 1. The first kappa shape index (κ1) is 12.3. The standard InChI is InChI=1S/C12H15N5OS/c1-2-10-15-16-12(19-10)14-11(18)8-7-13-9-5-3-4-6-17(8)9/h7H,2-6H2,1H3,(H,14,16,18). The number of aryl methyl sites for hydroxylation is 2. The van der Waals surface area contributed by atoms with E-state index in [0.29, 0.717) is 10.8 Å². The number of amides is 1. The summed E-state index contributed by atoms with van der Waals surface area (Å²) >= 11 is 1.41. The molecule has 0 saturated carbocycles. The number of aromatic nitrogens is 4. The van der Waals surface area contributed by atoms with Gasteiger partial charge in [0, 0.05) is 13.0 Å². The molecule has 1 amide bonds. The summed E-state index contributed by atoms with van der Waals surface area (Å²) in [5.74, 6) is 0.849. The molecule has 0 saturated heterocycles. The Morgan fingerprint density at radius 2 is 2.37 bits per heavy atom. The lowest BCUT2D eigenvalue weighted by Crippen LogP contribution is -2.20. The van der Waals surface area contributed by atoms with Crippen molar-refractivity contribution in [2.75, 3.05) is 5.32 Å². The average Bonchev–Trinajstić information content (AvgIpc) is 3.04. The van der Waals surface area contributed by atoms with Crippen LogP contribution in [0.5, 0.6) is 0 Å². The van der Waals surface area contributed by atoms with Crippen molar-refractivity contribution in [3.8, 4) is 0 Å². The molecule has 0 radical (unpaired) electrons. The number of hydrogen-bond acceptors (Lipinski definition) is 5. The van der Waals surface area contributed by atoms with Gasteiger partial charge in [-0.25, -0.2) is 4.98 Å².